The molecule has 1 amide bonds. The predicted octanol–water partition coefficient (Wildman–Crippen LogP) is 2.95. The number of thiophene rings is 1. The van der Waals surface area contributed by atoms with Crippen LogP contribution in [0.15, 0.2) is 40.5 Å². The number of rotatable bonds is 6. The van der Waals surface area contributed by atoms with Crippen molar-refractivity contribution in [2.45, 2.75) is 17.9 Å². The van der Waals surface area contributed by atoms with Gasteiger partial charge in [0.15, 0.2) is 0 Å². The van der Waals surface area contributed by atoms with Gasteiger partial charge in [0.05, 0.1) is 23.5 Å². The summed E-state index contributed by atoms with van der Waals surface area (Å²) in [4.78, 5) is 36.9. The van der Waals surface area contributed by atoms with Gasteiger partial charge in [0.25, 0.3) is 11.5 Å². The third-order valence-electron chi connectivity index (χ3n) is 3.62. The van der Waals surface area contributed by atoms with Gasteiger partial charge in [0.2, 0.25) is 0 Å². The average Bonchev–Trinajstić information content (AvgIpc) is 3.05. The van der Waals surface area contributed by atoms with Gasteiger partial charge in [0.1, 0.15) is 10.7 Å². The summed E-state index contributed by atoms with van der Waals surface area (Å²) in [7, 11) is 1.39. The van der Waals surface area contributed by atoms with Crippen LogP contribution >= 0.6 is 23.1 Å². The zero-order chi connectivity index (χ0) is 17.8. The first kappa shape index (κ1) is 17.7. The number of fused-ring (bicyclic) bond motifs is 1. The summed E-state index contributed by atoms with van der Waals surface area (Å²) in [5.41, 5.74) is 4.02. The van der Waals surface area contributed by atoms with Crippen LogP contribution in [0.3, 0.4) is 0 Å². The molecule has 2 heterocycles. The number of nitrogens with one attached hydrogen (secondary N) is 2. The number of carbonyl (C=O) groups excluding carboxylic acids is 1. The highest BCUT2D eigenvalue weighted by Gasteiger charge is 2.16. The average molecular weight is 375 g/mol. The molecule has 1 aromatic carbocycles. The Morgan fingerprint density at radius 2 is 2.16 bits per heavy atom. The molecule has 0 saturated heterocycles. The summed E-state index contributed by atoms with van der Waals surface area (Å²) in [5, 5.41) is 2.24. The van der Waals surface area contributed by atoms with Gasteiger partial charge in [-0.25, -0.2) is 10.5 Å². The van der Waals surface area contributed by atoms with Crippen LogP contribution in [-0.2, 0) is 15.4 Å². The smallest absolute Gasteiger partial charge is 0.260 e. The van der Waals surface area contributed by atoms with Crippen molar-refractivity contribution in [2.24, 2.45) is 0 Å². The fraction of sp³-hybridized carbons (Fsp3) is 0.235. The molecule has 0 aliphatic heterocycles. The zero-order valence-electron chi connectivity index (χ0n) is 13.7. The van der Waals surface area contributed by atoms with E-state index in [2.05, 4.69) is 20.3 Å². The van der Waals surface area contributed by atoms with E-state index in [-0.39, 0.29) is 16.7 Å². The minimum absolute atomic E-state index is 0.158. The molecule has 0 saturated carbocycles. The minimum atomic E-state index is -0.316. The lowest BCUT2D eigenvalue weighted by atomic mass is 10.1. The number of benzene rings is 1. The van der Waals surface area contributed by atoms with Crippen LogP contribution in [0.5, 0.6) is 0 Å². The van der Waals surface area contributed by atoms with Gasteiger partial charge in [-0.2, -0.15) is 0 Å². The SMILES string of the molecule is CONC(=O)[C@H](C)SCc1nc2scc(-c3ccccc3)c2c(=O)[nH]1. The Bertz CT molecular complexity index is 937. The Kier molecular flexibility index (Phi) is 5.52. The first-order chi connectivity index (χ1) is 12.1. The number of nitrogens with zero attached hydrogens (tertiary/aromatic N) is 1. The van der Waals surface area contributed by atoms with Crippen LogP contribution in [0.1, 0.15) is 12.7 Å². The number of hydrogen-bond acceptors (Lipinski definition) is 6. The molecular formula is C17H17N3O3S2. The highest BCUT2D eigenvalue weighted by Crippen LogP contribution is 2.30. The molecule has 130 valence electrons. The van der Waals surface area contributed by atoms with Crippen molar-refractivity contribution in [1.82, 2.24) is 15.4 Å². The maximum atomic E-state index is 12.5. The number of hydroxylamine groups is 1. The van der Waals surface area contributed by atoms with E-state index in [1.54, 1.807) is 6.92 Å². The van der Waals surface area contributed by atoms with Gasteiger partial charge in [-0.3, -0.25) is 14.4 Å². The minimum Gasteiger partial charge on any atom is -0.309 e. The molecule has 2 aromatic heterocycles. The highest BCUT2D eigenvalue weighted by atomic mass is 32.2. The van der Waals surface area contributed by atoms with Crippen molar-refractivity contribution in [3.8, 4) is 11.1 Å². The number of hydrogen-bond donors (Lipinski definition) is 2. The molecular weight excluding hydrogens is 358 g/mol. The van der Waals surface area contributed by atoms with E-state index in [0.717, 1.165) is 11.1 Å². The molecule has 0 aliphatic carbocycles. The Labute approximate surface area is 152 Å². The molecule has 8 heteroatoms. The first-order valence-corrected chi connectivity index (χ1v) is 9.53. The molecule has 0 spiro atoms. The van der Waals surface area contributed by atoms with E-state index in [1.807, 2.05) is 35.7 Å². The van der Waals surface area contributed by atoms with Crippen LogP contribution in [-0.4, -0.2) is 28.2 Å². The normalized spacial score (nSPS) is 12.2. The number of H-pyrrole nitrogens is 1. The van der Waals surface area contributed by atoms with Gasteiger partial charge in [-0.05, 0) is 12.5 Å². The largest absolute Gasteiger partial charge is 0.309 e. The molecule has 2 N–H and O–H groups in total. The lowest BCUT2D eigenvalue weighted by Gasteiger charge is -2.09. The second kappa shape index (κ2) is 7.81. The van der Waals surface area contributed by atoms with Gasteiger partial charge in [0, 0.05) is 10.9 Å². The second-order valence-electron chi connectivity index (χ2n) is 5.33. The quantitative estimate of drug-likeness (QED) is 0.647. The number of aromatic nitrogens is 2. The Hall–Kier alpha value is -2.16. The third kappa shape index (κ3) is 3.92. The maximum Gasteiger partial charge on any atom is 0.260 e. The second-order valence-corrected chi connectivity index (χ2v) is 7.52. The summed E-state index contributed by atoms with van der Waals surface area (Å²) in [5.74, 6) is 0.765. The Morgan fingerprint density at radius 3 is 2.88 bits per heavy atom. The number of amides is 1. The van der Waals surface area contributed by atoms with E-state index in [9.17, 15) is 9.59 Å². The van der Waals surface area contributed by atoms with Crippen molar-refractivity contribution in [3.05, 3.63) is 51.9 Å². The summed E-state index contributed by atoms with van der Waals surface area (Å²) >= 11 is 2.82. The highest BCUT2D eigenvalue weighted by molar-refractivity contribution is 7.99. The van der Waals surface area contributed by atoms with E-state index in [4.69, 9.17) is 0 Å². The zero-order valence-corrected chi connectivity index (χ0v) is 15.4. The molecule has 0 fully saturated rings. The monoisotopic (exact) mass is 375 g/mol. The van der Waals surface area contributed by atoms with Crippen molar-refractivity contribution in [2.75, 3.05) is 7.11 Å². The molecule has 25 heavy (non-hydrogen) atoms. The van der Waals surface area contributed by atoms with Crippen LogP contribution in [0.2, 0.25) is 0 Å². The maximum absolute atomic E-state index is 12.5. The first-order valence-electron chi connectivity index (χ1n) is 7.60. The Morgan fingerprint density at radius 1 is 1.40 bits per heavy atom. The molecule has 6 nitrogen and oxygen atoms in total. The summed E-state index contributed by atoms with van der Waals surface area (Å²) in [6.45, 7) is 1.77. The van der Waals surface area contributed by atoms with Crippen LogP contribution in [0.4, 0.5) is 0 Å². The number of aromatic amines is 1. The topological polar surface area (TPSA) is 84.1 Å². The molecule has 3 rings (SSSR count). The summed E-state index contributed by atoms with van der Waals surface area (Å²) in [6.07, 6.45) is 0. The number of carbonyl (C=O) groups is 1. The fourth-order valence-electron chi connectivity index (χ4n) is 2.36. The fourth-order valence-corrected chi connectivity index (χ4v) is 4.07. The van der Waals surface area contributed by atoms with Crippen molar-refractivity contribution >= 4 is 39.2 Å². The van der Waals surface area contributed by atoms with Crippen molar-refractivity contribution in [1.29, 1.82) is 0 Å². The lowest BCUT2D eigenvalue weighted by molar-refractivity contribution is -0.130. The standard InChI is InChI=1S/C17H17N3O3S2/c1-10(15(21)20-23-2)24-9-13-18-16(22)14-12(8-25-17(14)19-13)11-6-4-3-5-7-11/h3-8,10H,9H2,1-2H3,(H,20,21)(H,18,19,22)/t10-/m0/s1. The van der Waals surface area contributed by atoms with E-state index >= 15 is 0 Å². The molecule has 0 bridgehead atoms. The van der Waals surface area contributed by atoms with Gasteiger partial charge in [-0.15, -0.1) is 23.1 Å². The van der Waals surface area contributed by atoms with E-state index in [1.165, 1.54) is 30.2 Å². The van der Waals surface area contributed by atoms with Crippen LogP contribution in [0.25, 0.3) is 21.3 Å². The van der Waals surface area contributed by atoms with Gasteiger partial charge < -0.3 is 4.98 Å². The van der Waals surface area contributed by atoms with Gasteiger partial charge in [-0.1, -0.05) is 30.3 Å². The van der Waals surface area contributed by atoms with Gasteiger partial charge >= 0.3 is 0 Å². The molecule has 0 radical (unpaired) electrons. The molecule has 3 aromatic rings. The van der Waals surface area contributed by atoms with Crippen molar-refractivity contribution in [3.63, 3.8) is 0 Å². The van der Waals surface area contributed by atoms with E-state index < -0.39 is 0 Å². The van der Waals surface area contributed by atoms with Crippen molar-refractivity contribution < 1.29 is 9.63 Å². The third-order valence-corrected chi connectivity index (χ3v) is 5.65. The van der Waals surface area contributed by atoms with E-state index in [0.29, 0.717) is 21.8 Å². The molecule has 0 aliphatic rings. The number of thioether (sulfide) groups is 1. The van der Waals surface area contributed by atoms with Crippen LogP contribution < -0.4 is 11.0 Å². The summed E-state index contributed by atoms with van der Waals surface area (Å²) in [6, 6.07) is 9.77. The lowest BCUT2D eigenvalue weighted by Crippen LogP contribution is -2.30. The summed E-state index contributed by atoms with van der Waals surface area (Å²) < 4.78 is 0. The van der Waals surface area contributed by atoms with Crippen LogP contribution in [0, 0.1) is 0 Å². The molecule has 1 atom stereocenters. The molecule has 0 unspecified atom stereocenters. The Balaban J connectivity index is 1.84. The predicted molar refractivity (Wildman–Crippen MR) is 102 cm³/mol.